The largest absolute Gasteiger partial charge is 0.312 e. The maximum absolute atomic E-state index is 4.15. The molecular formula is C19H20N2. The molecule has 1 atom stereocenters. The van der Waals surface area contributed by atoms with Crippen LogP contribution in [0.3, 0.4) is 0 Å². The molecule has 0 amide bonds. The number of fused-ring (bicyclic) bond motifs is 1. The fraction of sp³-hybridized carbons (Fsp3) is 0.211. The van der Waals surface area contributed by atoms with Gasteiger partial charge in [-0.25, -0.2) is 0 Å². The van der Waals surface area contributed by atoms with E-state index in [4.69, 9.17) is 0 Å². The van der Waals surface area contributed by atoms with Crippen LogP contribution in [0.15, 0.2) is 67.0 Å². The average molecular weight is 276 g/mol. The molecule has 1 N–H and O–H groups in total. The van der Waals surface area contributed by atoms with Crippen LogP contribution >= 0.6 is 0 Å². The summed E-state index contributed by atoms with van der Waals surface area (Å²) in [6.45, 7) is 4.14. The van der Waals surface area contributed by atoms with Crippen LogP contribution in [0.25, 0.3) is 10.8 Å². The first kappa shape index (κ1) is 13.8. The van der Waals surface area contributed by atoms with Gasteiger partial charge in [0, 0.05) is 30.9 Å². The van der Waals surface area contributed by atoms with E-state index >= 15 is 0 Å². The normalized spacial score (nSPS) is 12.4. The van der Waals surface area contributed by atoms with Gasteiger partial charge in [0.25, 0.3) is 0 Å². The highest BCUT2D eigenvalue weighted by Gasteiger charge is 2.04. The van der Waals surface area contributed by atoms with Crippen molar-refractivity contribution in [1.29, 1.82) is 0 Å². The van der Waals surface area contributed by atoms with Gasteiger partial charge in [0.05, 0.1) is 0 Å². The Morgan fingerprint density at radius 1 is 1.00 bits per heavy atom. The predicted molar refractivity (Wildman–Crippen MR) is 88.3 cm³/mol. The van der Waals surface area contributed by atoms with E-state index in [1.54, 1.807) is 0 Å². The van der Waals surface area contributed by atoms with Gasteiger partial charge in [-0.2, -0.15) is 0 Å². The topological polar surface area (TPSA) is 24.9 Å². The second-order valence-corrected chi connectivity index (χ2v) is 5.50. The highest BCUT2D eigenvalue weighted by atomic mass is 14.9. The number of aromatic nitrogens is 1. The van der Waals surface area contributed by atoms with Gasteiger partial charge >= 0.3 is 0 Å². The van der Waals surface area contributed by atoms with Crippen LogP contribution in [0, 0.1) is 0 Å². The third-order valence-electron chi connectivity index (χ3n) is 3.85. The van der Waals surface area contributed by atoms with Gasteiger partial charge < -0.3 is 5.32 Å². The molecule has 3 aromatic rings. The lowest BCUT2D eigenvalue weighted by atomic mass is 10.0. The van der Waals surface area contributed by atoms with Gasteiger partial charge in [-0.05, 0) is 34.6 Å². The van der Waals surface area contributed by atoms with Crippen LogP contribution in [0.5, 0.6) is 0 Å². The molecule has 2 heteroatoms. The first-order valence-electron chi connectivity index (χ1n) is 7.41. The second-order valence-electron chi connectivity index (χ2n) is 5.50. The molecule has 2 nitrogen and oxygen atoms in total. The third kappa shape index (κ3) is 3.47. The molecule has 0 radical (unpaired) electrons. The quantitative estimate of drug-likeness (QED) is 0.758. The average Bonchev–Trinajstić information content (AvgIpc) is 2.55. The summed E-state index contributed by atoms with van der Waals surface area (Å²) in [5.74, 6) is 0.524. The number of hydrogen-bond acceptors (Lipinski definition) is 2. The lowest BCUT2D eigenvalue weighted by Gasteiger charge is -2.13. The summed E-state index contributed by atoms with van der Waals surface area (Å²) >= 11 is 0. The van der Waals surface area contributed by atoms with Crippen molar-refractivity contribution in [2.75, 3.05) is 6.54 Å². The van der Waals surface area contributed by atoms with E-state index in [2.05, 4.69) is 71.8 Å². The molecule has 1 aromatic heterocycles. The third-order valence-corrected chi connectivity index (χ3v) is 3.85. The number of nitrogens with one attached hydrogen (secondary N) is 1. The zero-order chi connectivity index (χ0) is 14.5. The summed E-state index contributed by atoms with van der Waals surface area (Å²) in [4.78, 5) is 4.15. The van der Waals surface area contributed by atoms with Crippen LogP contribution in [-0.2, 0) is 6.54 Å². The molecule has 0 saturated heterocycles. The standard InChI is InChI=1S/C19H20N2/c1-15(17-5-3-2-4-6-17)12-21-13-16-7-8-19-14-20-10-9-18(19)11-16/h2-11,14-15,21H,12-13H2,1H3. The molecular weight excluding hydrogens is 256 g/mol. The van der Waals surface area contributed by atoms with Gasteiger partial charge in [0.1, 0.15) is 0 Å². The van der Waals surface area contributed by atoms with E-state index in [0.29, 0.717) is 5.92 Å². The molecule has 0 aliphatic heterocycles. The molecule has 0 spiro atoms. The Kier molecular flexibility index (Phi) is 4.27. The molecule has 106 valence electrons. The molecule has 0 saturated carbocycles. The van der Waals surface area contributed by atoms with Crippen molar-refractivity contribution in [2.24, 2.45) is 0 Å². The van der Waals surface area contributed by atoms with Crippen LogP contribution in [0.2, 0.25) is 0 Å². The zero-order valence-corrected chi connectivity index (χ0v) is 12.3. The van der Waals surface area contributed by atoms with Crippen LogP contribution < -0.4 is 5.32 Å². The van der Waals surface area contributed by atoms with E-state index < -0.39 is 0 Å². The number of nitrogens with zero attached hydrogens (tertiary/aromatic N) is 1. The van der Waals surface area contributed by atoms with E-state index in [-0.39, 0.29) is 0 Å². The van der Waals surface area contributed by atoms with Gasteiger partial charge in [-0.3, -0.25) is 4.98 Å². The lowest BCUT2D eigenvalue weighted by molar-refractivity contribution is 0.615. The Labute approximate surface area is 125 Å². The van der Waals surface area contributed by atoms with E-state index in [1.807, 2.05) is 12.4 Å². The van der Waals surface area contributed by atoms with Crippen LogP contribution in [0.4, 0.5) is 0 Å². The predicted octanol–water partition coefficient (Wildman–Crippen LogP) is 4.13. The van der Waals surface area contributed by atoms with Crippen LogP contribution in [0.1, 0.15) is 24.0 Å². The Hall–Kier alpha value is -2.19. The van der Waals surface area contributed by atoms with Gasteiger partial charge in [0.2, 0.25) is 0 Å². The fourth-order valence-corrected chi connectivity index (χ4v) is 2.58. The first-order valence-corrected chi connectivity index (χ1v) is 7.41. The first-order chi connectivity index (χ1) is 10.3. The fourth-order valence-electron chi connectivity index (χ4n) is 2.58. The summed E-state index contributed by atoms with van der Waals surface area (Å²) in [5.41, 5.74) is 2.70. The number of hydrogen-bond donors (Lipinski definition) is 1. The van der Waals surface area contributed by atoms with Crippen molar-refractivity contribution in [2.45, 2.75) is 19.4 Å². The molecule has 0 bridgehead atoms. The molecule has 0 aliphatic carbocycles. The summed E-state index contributed by atoms with van der Waals surface area (Å²) in [6, 6.07) is 19.2. The Morgan fingerprint density at radius 3 is 2.71 bits per heavy atom. The molecule has 0 fully saturated rings. The molecule has 1 heterocycles. The minimum absolute atomic E-state index is 0.524. The van der Waals surface area contributed by atoms with Gasteiger partial charge in [-0.15, -0.1) is 0 Å². The second kappa shape index (κ2) is 6.51. The minimum atomic E-state index is 0.524. The number of benzene rings is 2. The summed E-state index contributed by atoms with van der Waals surface area (Å²) in [5, 5.41) is 5.99. The van der Waals surface area contributed by atoms with Crippen molar-refractivity contribution in [3.8, 4) is 0 Å². The summed E-state index contributed by atoms with van der Waals surface area (Å²) < 4.78 is 0. The van der Waals surface area contributed by atoms with E-state index in [0.717, 1.165) is 13.1 Å². The molecule has 21 heavy (non-hydrogen) atoms. The summed E-state index contributed by atoms with van der Waals surface area (Å²) in [6.07, 6.45) is 3.75. The highest BCUT2D eigenvalue weighted by molar-refractivity contribution is 5.81. The van der Waals surface area contributed by atoms with Crippen molar-refractivity contribution in [3.05, 3.63) is 78.1 Å². The molecule has 1 unspecified atom stereocenters. The number of pyridine rings is 1. The maximum Gasteiger partial charge on any atom is 0.0346 e. The van der Waals surface area contributed by atoms with Crippen molar-refractivity contribution >= 4 is 10.8 Å². The van der Waals surface area contributed by atoms with Crippen molar-refractivity contribution in [1.82, 2.24) is 10.3 Å². The van der Waals surface area contributed by atoms with Gasteiger partial charge in [0.15, 0.2) is 0 Å². The van der Waals surface area contributed by atoms with Gasteiger partial charge in [-0.1, -0.05) is 49.4 Å². The highest BCUT2D eigenvalue weighted by Crippen LogP contribution is 2.16. The Morgan fingerprint density at radius 2 is 1.86 bits per heavy atom. The summed E-state index contributed by atoms with van der Waals surface area (Å²) in [7, 11) is 0. The smallest absolute Gasteiger partial charge is 0.0346 e. The monoisotopic (exact) mass is 276 g/mol. The molecule has 2 aromatic carbocycles. The lowest BCUT2D eigenvalue weighted by Crippen LogP contribution is -2.19. The van der Waals surface area contributed by atoms with Crippen LogP contribution in [-0.4, -0.2) is 11.5 Å². The Balaban J connectivity index is 1.59. The molecule has 3 rings (SSSR count). The van der Waals surface area contributed by atoms with E-state index in [1.165, 1.54) is 21.9 Å². The number of rotatable bonds is 5. The van der Waals surface area contributed by atoms with Crippen molar-refractivity contribution < 1.29 is 0 Å². The maximum atomic E-state index is 4.15. The zero-order valence-electron chi connectivity index (χ0n) is 12.3. The Bertz CT molecular complexity index is 707. The molecule has 0 aliphatic rings. The minimum Gasteiger partial charge on any atom is -0.312 e. The van der Waals surface area contributed by atoms with Crippen molar-refractivity contribution in [3.63, 3.8) is 0 Å². The SMILES string of the molecule is CC(CNCc1ccc2cnccc2c1)c1ccccc1. The van der Waals surface area contributed by atoms with E-state index in [9.17, 15) is 0 Å².